The molecule has 0 aliphatic carbocycles. The molecular formula is C18H26N4O. The lowest BCUT2D eigenvalue weighted by atomic mass is 10.1. The van der Waals surface area contributed by atoms with Gasteiger partial charge in [0.15, 0.2) is 0 Å². The summed E-state index contributed by atoms with van der Waals surface area (Å²) >= 11 is 0. The number of anilines is 1. The third-order valence-electron chi connectivity index (χ3n) is 3.95. The molecule has 124 valence electrons. The lowest BCUT2D eigenvalue weighted by Gasteiger charge is -2.15. The van der Waals surface area contributed by atoms with Gasteiger partial charge in [-0.05, 0) is 25.0 Å². The van der Waals surface area contributed by atoms with Crippen molar-refractivity contribution in [3.8, 4) is 0 Å². The first kappa shape index (κ1) is 17.2. The van der Waals surface area contributed by atoms with E-state index in [0.29, 0.717) is 6.42 Å². The molecule has 2 N–H and O–H groups in total. The summed E-state index contributed by atoms with van der Waals surface area (Å²) in [6.07, 6.45) is 5.96. The van der Waals surface area contributed by atoms with Gasteiger partial charge in [-0.3, -0.25) is 4.79 Å². The van der Waals surface area contributed by atoms with Crippen LogP contribution >= 0.6 is 0 Å². The number of rotatable bonds is 8. The first-order valence-corrected chi connectivity index (χ1v) is 8.16. The fourth-order valence-corrected chi connectivity index (χ4v) is 2.57. The zero-order valence-electron chi connectivity index (χ0n) is 14.2. The lowest BCUT2D eigenvalue weighted by molar-refractivity contribution is -0.116. The van der Waals surface area contributed by atoms with Crippen LogP contribution < -0.4 is 10.6 Å². The molecule has 1 amide bonds. The summed E-state index contributed by atoms with van der Waals surface area (Å²) in [6.45, 7) is 4.96. The van der Waals surface area contributed by atoms with Crippen molar-refractivity contribution in [3.63, 3.8) is 0 Å². The van der Waals surface area contributed by atoms with E-state index in [1.54, 1.807) is 6.33 Å². The van der Waals surface area contributed by atoms with Crippen LogP contribution in [-0.4, -0.2) is 28.0 Å². The molecule has 0 saturated heterocycles. The second kappa shape index (κ2) is 8.48. The van der Waals surface area contributed by atoms with Gasteiger partial charge in [-0.2, -0.15) is 0 Å². The molecule has 0 fully saturated rings. The maximum Gasteiger partial charge on any atom is 0.225 e. The van der Waals surface area contributed by atoms with E-state index in [9.17, 15) is 4.79 Å². The average Bonchev–Trinajstić information content (AvgIpc) is 2.93. The van der Waals surface area contributed by atoms with Crippen molar-refractivity contribution in [3.05, 3.63) is 48.0 Å². The summed E-state index contributed by atoms with van der Waals surface area (Å²) in [4.78, 5) is 16.3. The van der Waals surface area contributed by atoms with Crippen LogP contribution in [0.2, 0.25) is 0 Å². The third-order valence-corrected chi connectivity index (χ3v) is 3.95. The van der Waals surface area contributed by atoms with Crippen LogP contribution in [0.25, 0.3) is 0 Å². The van der Waals surface area contributed by atoms with Crippen molar-refractivity contribution in [2.24, 2.45) is 7.05 Å². The molecule has 0 radical (unpaired) electrons. The Balaban J connectivity index is 1.75. The Bertz CT molecular complexity index is 635. The Morgan fingerprint density at radius 1 is 1.35 bits per heavy atom. The lowest BCUT2D eigenvalue weighted by Crippen LogP contribution is -2.32. The van der Waals surface area contributed by atoms with Crippen LogP contribution in [0.3, 0.4) is 0 Å². The van der Waals surface area contributed by atoms with Crippen LogP contribution in [0.15, 0.2) is 36.8 Å². The highest BCUT2D eigenvalue weighted by Gasteiger charge is 2.10. The van der Waals surface area contributed by atoms with Gasteiger partial charge < -0.3 is 15.2 Å². The number of hydrogen-bond donors (Lipinski definition) is 2. The average molecular weight is 314 g/mol. The quantitative estimate of drug-likeness (QED) is 0.787. The molecular weight excluding hydrogens is 288 g/mol. The molecule has 1 aromatic heterocycles. The molecule has 1 aromatic carbocycles. The minimum atomic E-state index is 0.0476. The molecule has 0 saturated carbocycles. The normalized spacial score (nSPS) is 12.1. The fraction of sp³-hybridized carbons (Fsp3) is 0.444. The zero-order chi connectivity index (χ0) is 16.7. The highest BCUT2D eigenvalue weighted by Crippen LogP contribution is 2.15. The van der Waals surface area contributed by atoms with E-state index >= 15 is 0 Å². The number of nitrogens with one attached hydrogen (secondary N) is 2. The Kier molecular flexibility index (Phi) is 6.35. The number of carbonyl (C=O) groups is 1. The Morgan fingerprint density at radius 2 is 2.13 bits per heavy atom. The molecule has 0 aliphatic heterocycles. The first-order chi connectivity index (χ1) is 11.1. The summed E-state index contributed by atoms with van der Waals surface area (Å²) in [5.41, 5.74) is 3.27. The SMILES string of the molecule is CCc1ccccc1NC(=O)CC(C)NCCc1cncn1C. The molecule has 2 aromatic rings. The van der Waals surface area contributed by atoms with Crippen LogP contribution in [0.1, 0.15) is 31.5 Å². The Morgan fingerprint density at radius 3 is 2.83 bits per heavy atom. The van der Waals surface area contributed by atoms with Gasteiger partial charge in [-0.1, -0.05) is 25.1 Å². The van der Waals surface area contributed by atoms with Crippen molar-refractivity contribution in [1.29, 1.82) is 0 Å². The van der Waals surface area contributed by atoms with E-state index in [2.05, 4.69) is 22.5 Å². The minimum Gasteiger partial charge on any atom is -0.338 e. The Labute approximate surface area is 138 Å². The van der Waals surface area contributed by atoms with Crippen molar-refractivity contribution in [2.45, 2.75) is 39.2 Å². The molecule has 0 aliphatic rings. The van der Waals surface area contributed by atoms with Gasteiger partial charge >= 0.3 is 0 Å². The molecule has 0 bridgehead atoms. The summed E-state index contributed by atoms with van der Waals surface area (Å²) < 4.78 is 2.01. The smallest absolute Gasteiger partial charge is 0.225 e. The number of nitrogens with zero attached hydrogens (tertiary/aromatic N) is 2. The first-order valence-electron chi connectivity index (χ1n) is 8.16. The van der Waals surface area contributed by atoms with Gasteiger partial charge in [0, 0.05) is 50.1 Å². The predicted molar refractivity (Wildman–Crippen MR) is 93.4 cm³/mol. The van der Waals surface area contributed by atoms with Crippen molar-refractivity contribution < 1.29 is 4.79 Å². The van der Waals surface area contributed by atoms with Gasteiger partial charge in [-0.25, -0.2) is 4.98 Å². The number of para-hydroxylation sites is 1. The molecule has 1 atom stereocenters. The number of benzene rings is 1. The number of imidazole rings is 1. The molecule has 23 heavy (non-hydrogen) atoms. The van der Waals surface area contributed by atoms with Crippen LogP contribution in [-0.2, 0) is 24.7 Å². The number of amides is 1. The molecule has 1 unspecified atom stereocenters. The second-order valence-electron chi connectivity index (χ2n) is 5.86. The van der Waals surface area contributed by atoms with Crippen LogP contribution in [0.5, 0.6) is 0 Å². The third kappa shape index (κ3) is 5.21. The van der Waals surface area contributed by atoms with E-state index < -0.39 is 0 Å². The van der Waals surface area contributed by atoms with Crippen molar-refractivity contribution in [1.82, 2.24) is 14.9 Å². The van der Waals surface area contributed by atoms with Gasteiger partial charge in [-0.15, -0.1) is 0 Å². The predicted octanol–water partition coefficient (Wildman–Crippen LogP) is 2.53. The summed E-state index contributed by atoms with van der Waals surface area (Å²) in [5.74, 6) is 0.0476. The zero-order valence-corrected chi connectivity index (χ0v) is 14.2. The number of aromatic nitrogens is 2. The Hall–Kier alpha value is -2.14. The maximum absolute atomic E-state index is 12.2. The maximum atomic E-state index is 12.2. The fourth-order valence-electron chi connectivity index (χ4n) is 2.57. The monoisotopic (exact) mass is 314 g/mol. The summed E-state index contributed by atoms with van der Waals surface area (Å²) in [6, 6.07) is 8.08. The molecule has 5 heteroatoms. The molecule has 5 nitrogen and oxygen atoms in total. The second-order valence-corrected chi connectivity index (χ2v) is 5.86. The summed E-state index contributed by atoms with van der Waals surface area (Å²) in [5, 5.41) is 6.40. The van der Waals surface area contributed by atoms with Gasteiger partial charge in [0.05, 0.1) is 6.33 Å². The topological polar surface area (TPSA) is 59.0 Å². The minimum absolute atomic E-state index is 0.0476. The van der Waals surface area contributed by atoms with E-state index in [1.165, 1.54) is 5.69 Å². The van der Waals surface area contributed by atoms with E-state index in [-0.39, 0.29) is 11.9 Å². The van der Waals surface area contributed by atoms with Gasteiger partial charge in [0.2, 0.25) is 5.91 Å². The highest BCUT2D eigenvalue weighted by atomic mass is 16.1. The molecule has 2 rings (SSSR count). The van der Waals surface area contributed by atoms with Crippen molar-refractivity contribution >= 4 is 11.6 Å². The van der Waals surface area contributed by atoms with Crippen LogP contribution in [0, 0.1) is 0 Å². The van der Waals surface area contributed by atoms with Gasteiger partial charge in [0.25, 0.3) is 0 Å². The number of carbonyl (C=O) groups excluding carboxylic acids is 1. The van der Waals surface area contributed by atoms with Gasteiger partial charge in [0.1, 0.15) is 0 Å². The summed E-state index contributed by atoms with van der Waals surface area (Å²) in [7, 11) is 1.99. The van der Waals surface area contributed by atoms with E-state index in [4.69, 9.17) is 0 Å². The standard InChI is InChI=1S/C18H26N4O/c1-4-15-7-5-6-8-17(15)21-18(23)11-14(2)20-10-9-16-12-19-13-22(16)3/h5-8,12-14,20H,4,9-11H2,1-3H3,(H,21,23). The van der Waals surface area contributed by atoms with Crippen molar-refractivity contribution in [2.75, 3.05) is 11.9 Å². The number of aryl methyl sites for hydroxylation is 2. The van der Waals surface area contributed by atoms with E-state index in [0.717, 1.165) is 30.6 Å². The molecule has 1 heterocycles. The molecule has 0 spiro atoms. The highest BCUT2D eigenvalue weighted by molar-refractivity contribution is 5.91. The van der Waals surface area contributed by atoms with Crippen LogP contribution in [0.4, 0.5) is 5.69 Å². The largest absolute Gasteiger partial charge is 0.338 e. The van der Waals surface area contributed by atoms with E-state index in [1.807, 2.05) is 49.0 Å². The number of hydrogen-bond acceptors (Lipinski definition) is 3.